The SMILES string of the molecule is COCCN(CC(=O)N(C)C)C(=O)C1Cc2ccccc2CN1. The van der Waals surface area contributed by atoms with Crippen LogP contribution in [-0.2, 0) is 27.3 Å². The van der Waals surface area contributed by atoms with Gasteiger partial charge in [0.1, 0.15) is 0 Å². The number of ether oxygens (including phenoxy) is 1. The second kappa shape index (κ2) is 8.08. The number of likely N-dealkylation sites (N-methyl/N-ethyl adjacent to an activating group) is 1. The fourth-order valence-corrected chi connectivity index (χ4v) is 2.62. The predicted octanol–water partition coefficient (Wildman–Crippen LogP) is 0.264. The minimum atomic E-state index is -0.295. The molecule has 1 unspecified atom stereocenters. The first-order valence-electron chi connectivity index (χ1n) is 7.81. The van der Waals surface area contributed by atoms with Crippen molar-refractivity contribution in [3.63, 3.8) is 0 Å². The van der Waals surface area contributed by atoms with Crippen LogP contribution in [0.5, 0.6) is 0 Å². The van der Waals surface area contributed by atoms with Gasteiger partial charge in [-0.15, -0.1) is 0 Å². The summed E-state index contributed by atoms with van der Waals surface area (Å²) in [5.41, 5.74) is 2.42. The average Bonchev–Trinajstić information content (AvgIpc) is 2.57. The van der Waals surface area contributed by atoms with Gasteiger partial charge in [-0.3, -0.25) is 9.59 Å². The van der Waals surface area contributed by atoms with E-state index in [1.54, 1.807) is 26.1 Å². The Bertz CT molecular complexity index is 560. The number of benzene rings is 1. The standard InChI is InChI=1S/C17H25N3O3/c1-19(2)16(21)12-20(8-9-23-3)17(22)15-10-13-6-4-5-7-14(13)11-18-15/h4-7,15,18H,8-12H2,1-3H3. The number of carbonyl (C=O) groups is 2. The number of nitrogens with zero attached hydrogens (tertiary/aromatic N) is 2. The van der Waals surface area contributed by atoms with E-state index in [0.29, 0.717) is 26.1 Å². The predicted molar refractivity (Wildman–Crippen MR) is 87.9 cm³/mol. The first kappa shape index (κ1) is 17.4. The topological polar surface area (TPSA) is 61.9 Å². The summed E-state index contributed by atoms with van der Waals surface area (Å²) in [6.45, 7) is 1.58. The molecular formula is C17H25N3O3. The Balaban J connectivity index is 2.06. The van der Waals surface area contributed by atoms with E-state index >= 15 is 0 Å². The molecular weight excluding hydrogens is 294 g/mol. The van der Waals surface area contributed by atoms with Crippen molar-refractivity contribution < 1.29 is 14.3 Å². The maximum absolute atomic E-state index is 12.8. The van der Waals surface area contributed by atoms with Gasteiger partial charge in [0.15, 0.2) is 0 Å². The molecule has 1 aliphatic heterocycles. The summed E-state index contributed by atoms with van der Waals surface area (Å²) in [6.07, 6.45) is 0.647. The number of rotatable bonds is 6. The third kappa shape index (κ3) is 4.53. The van der Waals surface area contributed by atoms with Gasteiger partial charge in [0.25, 0.3) is 0 Å². The van der Waals surface area contributed by atoms with Gasteiger partial charge in [-0.05, 0) is 17.5 Å². The van der Waals surface area contributed by atoms with Crippen molar-refractivity contribution in [2.75, 3.05) is 40.9 Å². The third-order valence-corrected chi connectivity index (χ3v) is 4.08. The highest BCUT2D eigenvalue weighted by Gasteiger charge is 2.29. The van der Waals surface area contributed by atoms with E-state index in [0.717, 1.165) is 0 Å². The maximum Gasteiger partial charge on any atom is 0.241 e. The Hall–Kier alpha value is -1.92. The molecule has 0 radical (unpaired) electrons. The van der Waals surface area contributed by atoms with Crippen LogP contribution in [0.4, 0.5) is 0 Å². The maximum atomic E-state index is 12.8. The van der Waals surface area contributed by atoms with Crippen molar-refractivity contribution in [3.05, 3.63) is 35.4 Å². The number of nitrogens with one attached hydrogen (secondary N) is 1. The summed E-state index contributed by atoms with van der Waals surface area (Å²) in [7, 11) is 4.97. The molecule has 0 aliphatic carbocycles. The quantitative estimate of drug-likeness (QED) is 0.817. The molecule has 1 aromatic carbocycles. The van der Waals surface area contributed by atoms with E-state index in [2.05, 4.69) is 17.4 Å². The normalized spacial score (nSPS) is 16.6. The van der Waals surface area contributed by atoms with E-state index in [1.165, 1.54) is 16.0 Å². The zero-order valence-corrected chi connectivity index (χ0v) is 14.0. The Labute approximate surface area is 137 Å². The van der Waals surface area contributed by atoms with Crippen LogP contribution in [0, 0.1) is 0 Å². The van der Waals surface area contributed by atoms with E-state index in [4.69, 9.17) is 4.74 Å². The van der Waals surface area contributed by atoms with Crippen molar-refractivity contribution >= 4 is 11.8 Å². The van der Waals surface area contributed by atoms with Gasteiger partial charge in [0, 0.05) is 34.3 Å². The molecule has 6 nitrogen and oxygen atoms in total. The smallest absolute Gasteiger partial charge is 0.241 e. The number of hydrogen-bond acceptors (Lipinski definition) is 4. The van der Waals surface area contributed by atoms with Crippen molar-refractivity contribution in [3.8, 4) is 0 Å². The lowest BCUT2D eigenvalue weighted by molar-refractivity contribution is -0.141. The number of amides is 2. The molecule has 2 amide bonds. The summed E-state index contributed by atoms with van der Waals surface area (Å²) in [5.74, 6) is -0.141. The molecule has 1 atom stereocenters. The van der Waals surface area contributed by atoms with Crippen LogP contribution >= 0.6 is 0 Å². The van der Waals surface area contributed by atoms with Crippen molar-refractivity contribution in [1.29, 1.82) is 0 Å². The van der Waals surface area contributed by atoms with Gasteiger partial charge in [0.05, 0.1) is 19.2 Å². The molecule has 0 aromatic heterocycles. The van der Waals surface area contributed by atoms with Crippen LogP contribution in [0.1, 0.15) is 11.1 Å². The Morgan fingerprint density at radius 1 is 1.26 bits per heavy atom. The second-order valence-corrected chi connectivity index (χ2v) is 5.95. The Kier molecular flexibility index (Phi) is 6.12. The van der Waals surface area contributed by atoms with E-state index in [9.17, 15) is 9.59 Å². The summed E-state index contributed by atoms with van der Waals surface area (Å²) < 4.78 is 5.07. The van der Waals surface area contributed by atoms with Gasteiger partial charge in [-0.2, -0.15) is 0 Å². The molecule has 1 aromatic rings. The zero-order valence-electron chi connectivity index (χ0n) is 14.0. The highest BCUT2D eigenvalue weighted by molar-refractivity contribution is 5.87. The zero-order chi connectivity index (χ0) is 16.8. The minimum absolute atomic E-state index is 0.0493. The van der Waals surface area contributed by atoms with E-state index < -0.39 is 0 Å². The van der Waals surface area contributed by atoms with Crippen LogP contribution in [0.15, 0.2) is 24.3 Å². The summed E-state index contributed by atoms with van der Waals surface area (Å²) >= 11 is 0. The lowest BCUT2D eigenvalue weighted by Gasteiger charge is -2.31. The number of hydrogen-bond donors (Lipinski definition) is 1. The molecule has 23 heavy (non-hydrogen) atoms. The summed E-state index contributed by atoms with van der Waals surface area (Å²) in [4.78, 5) is 27.9. The lowest BCUT2D eigenvalue weighted by Crippen LogP contribution is -2.52. The second-order valence-electron chi connectivity index (χ2n) is 5.95. The summed E-state index contributed by atoms with van der Waals surface area (Å²) in [5, 5.41) is 3.28. The molecule has 126 valence electrons. The van der Waals surface area contributed by atoms with Crippen LogP contribution in [-0.4, -0.2) is 68.6 Å². The molecule has 0 bridgehead atoms. The molecule has 6 heteroatoms. The third-order valence-electron chi connectivity index (χ3n) is 4.08. The van der Waals surface area contributed by atoms with Crippen LogP contribution in [0.3, 0.4) is 0 Å². The number of fused-ring (bicyclic) bond motifs is 1. The molecule has 0 saturated heterocycles. The van der Waals surface area contributed by atoms with E-state index in [-0.39, 0.29) is 24.4 Å². The van der Waals surface area contributed by atoms with Crippen molar-refractivity contribution in [2.24, 2.45) is 0 Å². The first-order chi connectivity index (χ1) is 11.0. The molecule has 0 spiro atoms. The lowest BCUT2D eigenvalue weighted by atomic mass is 9.95. The Morgan fingerprint density at radius 3 is 2.61 bits per heavy atom. The first-order valence-corrected chi connectivity index (χ1v) is 7.81. The molecule has 0 fully saturated rings. The average molecular weight is 319 g/mol. The molecule has 1 aliphatic rings. The highest BCUT2D eigenvalue weighted by Crippen LogP contribution is 2.17. The number of carbonyl (C=O) groups excluding carboxylic acids is 2. The van der Waals surface area contributed by atoms with Gasteiger partial charge in [-0.25, -0.2) is 0 Å². The van der Waals surface area contributed by atoms with Gasteiger partial charge in [0.2, 0.25) is 11.8 Å². The number of methoxy groups -OCH3 is 1. The van der Waals surface area contributed by atoms with Crippen molar-refractivity contribution in [1.82, 2.24) is 15.1 Å². The minimum Gasteiger partial charge on any atom is -0.383 e. The van der Waals surface area contributed by atoms with Crippen LogP contribution < -0.4 is 5.32 Å². The van der Waals surface area contributed by atoms with Gasteiger partial charge < -0.3 is 19.9 Å². The Morgan fingerprint density at radius 2 is 1.96 bits per heavy atom. The molecule has 1 N–H and O–H groups in total. The molecule has 0 saturated carbocycles. The van der Waals surface area contributed by atoms with Crippen LogP contribution in [0.25, 0.3) is 0 Å². The fraction of sp³-hybridized carbons (Fsp3) is 0.529. The van der Waals surface area contributed by atoms with Gasteiger partial charge >= 0.3 is 0 Å². The monoisotopic (exact) mass is 319 g/mol. The van der Waals surface area contributed by atoms with E-state index in [1.807, 2.05) is 12.1 Å². The van der Waals surface area contributed by atoms with Crippen molar-refractivity contribution in [2.45, 2.75) is 19.0 Å². The summed E-state index contributed by atoms with van der Waals surface area (Å²) in [6, 6.07) is 7.83. The van der Waals surface area contributed by atoms with Crippen LogP contribution in [0.2, 0.25) is 0 Å². The molecule has 2 rings (SSSR count). The largest absolute Gasteiger partial charge is 0.383 e. The highest BCUT2D eigenvalue weighted by atomic mass is 16.5. The van der Waals surface area contributed by atoms with Gasteiger partial charge in [-0.1, -0.05) is 24.3 Å². The molecule has 1 heterocycles. The fourth-order valence-electron chi connectivity index (χ4n) is 2.62.